The van der Waals surface area contributed by atoms with Crippen LogP contribution in [0.5, 0.6) is 0 Å². The van der Waals surface area contributed by atoms with Crippen LogP contribution in [0.3, 0.4) is 0 Å². The molecule has 0 aromatic heterocycles. The molecule has 0 fully saturated rings. The second-order valence-electron chi connectivity index (χ2n) is 2.90. The Labute approximate surface area is 73.5 Å². The topological polar surface area (TPSA) is 40.5 Å². The van der Waals surface area contributed by atoms with Gasteiger partial charge in [0.25, 0.3) is 0 Å². The highest BCUT2D eigenvalue weighted by Crippen LogP contribution is 2.12. The van der Waals surface area contributed by atoms with Crippen LogP contribution in [0.2, 0.25) is 0 Å². The molecule has 2 nitrogen and oxygen atoms in total. The molecule has 0 saturated heterocycles. The lowest BCUT2D eigenvalue weighted by Gasteiger charge is -2.03. The van der Waals surface area contributed by atoms with Crippen LogP contribution in [0.25, 0.3) is 0 Å². The van der Waals surface area contributed by atoms with Crippen molar-refractivity contribution in [3.8, 4) is 0 Å². The Kier molecular flexibility index (Phi) is 5.13. The van der Waals surface area contributed by atoms with Crippen LogP contribution in [-0.4, -0.2) is 16.8 Å². The molecule has 0 aromatic rings. The maximum Gasteiger partial charge on any atom is 0.0830 e. The molecule has 0 radical (unpaired) electrons. The third kappa shape index (κ3) is 3.98. The quantitative estimate of drug-likeness (QED) is 0.384. The molecular formula is C10H16O2. The van der Waals surface area contributed by atoms with E-state index >= 15 is 0 Å². The van der Waals surface area contributed by atoms with E-state index in [1.165, 1.54) is 5.57 Å². The smallest absolute Gasteiger partial charge is 0.0830 e. The maximum absolute atomic E-state index is 8.78. The number of hydrogen-bond donors (Lipinski definition) is 2. The van der Waals surface area contributed by atoms with Gasteiger partial charge in [-0.1, -0.05) is 18.2 Å². The molecule has 0 aliphatic heterocycles. The largest absolute Gasteiger partial charge is 0.515 e. The number of rotatable bonds is 4. The summed E-state index contributed by atoms with van der Waals surface area (Å²) < 4.78 is 0. The van der Waals surface area contributed by atoms with E-state index in [2.05, 4.69) is 6.58 Å². The summed E-state index contributed by atoms with van der Waals surface area (Å²) in [7, 11) is 0. The van der Waals surface area contributed by atoms with Crippen molar-refractivity contribution in [3.63, 3.8) is 0 Å². The van der Waals surface area contributed by atoms with Crippen LogP contribution in [0.4, 0.5) is 0 Å². The molecule has 0 rings (SSSR count). The van der Waals surface area contributed by atoms with Gasteiger partial charge in [0.2, 0.25) is 0 Å². The van der Waals surface area contributed by atoms with Crippen LogP contribution in [0, 0.1) is 0 Å². The van der Waals surface area contributed by atoms with E-state index in [0.29, 0.717) is 17.6 Å². The van der Waals surface area contributed by atoms with Gasteiger partial charge in [-0.3, -0.25) is 0 Å². The molecule has 12 heavy (non-hydrogen) atoms. The first kappa shape index (κ1) is 11.0. The number of allylic oxidation sites excluding steroid dienone is 2. The molecule has 0 unspecified atom stereocenters. The number of aliphatic hydroxyl groups excluding tert-OH is 2. The first-order chi connectivity index (χ1) is 5.61. The molecule has 0 bridgehead atoms. The summed E-state index contributed by atoms with van der Waals surface area (Å²) in [6.07, 6.45) is 3.60. The molecule has 0 saturated carbocycles. The van der Waals surface area contributed by atoms with Crippen molar-refractivity contribution in [1.82, 2.24) is 0 Å². The van der Waals surface area contributed by atoms with Crippen molar-refractivity contribution in [2.24, 2.45) is 0 Å². The molecule has 0 amide bonds. The Balaban J connectivity index is 4.21. The second kappa shape index (κ2) is 5.61. The first-order valence-corrected chi connectivity index (χ1v) is 3.87. The molecule has 0 spiro atoms. The van der Waals surface area contributed by atoms with E-state index < -0.39 is 0 Å². The Hall–Kier alpha value is -1.02. The summed E-state index contributed by atoms with van der Waals surface area (Å²) in [6, 6.07) is 0. The van der Waals surface area contributed by atoms with E-state index in [4.69, 9.17) is 10.2 Å². The normalized spacial score (nSPS) is 11.1. The zero-order chi connectivity index (χ0) is 9.56. The summed E-state index contributed by atoms with van der Waals surface area (Å²) in [5.74, 6) is 0. The minimum atomic E-state index is -0.108. The average Bonchev–Trinajstić information content (AvgIpc) is 2.04. The van der Waals surface area contributed by atoms with E-state index in [9.17, 15) is 0 Å². The van der Waals surface area contributed by atoms with Crippen molar-refractivity contribution in [2.45, 2.75) is 20.3 Å². The van der Waals surface area contributed by atoms with Gasteiger partial charge in [0.15, 0.2) is 0 Å². The van der Waals surface area contributed by atoms with Gasteiger partial charge < -0.3 is 10.2 Å². The molecule has 0 atom stereocenters. The van der Waals surface area contributed by atoms with Crippen molar-refractivity contribution in [2.75, 3.05) is 6.61 Å². The lowest BCUT2D eigenvalue weighted by atomic mass is 10.1. The van der Waals surface area contributed by atoms with Crippen molar-refractivity contribution in [1.29, 1.82) is 0 Å². The van der Waals surface area contributed by atoms with E-state index in [1.54, 1.807) is 0 Å². The van der Waals surface area contributed by atoms with E-state index in [-0.39, 0.29) is 6.61 Å². The van der Waals surface area contributed by atoms with E-state index in [0.717, 1.165) is 6.26 Å². The van der Waals surface area contributed by atoms with E-state index in [1.807, 2.05) is 19.9 Å². The zero-order valence-electron chi connectivity index (χ0n) is 7.67. The summed E-state index contributed by atoms with van der Waals surface area (Å²) in [5, 5.41) is 17.5. The highest BCUT2D eigenvalue weighted by molar-refractivity contribution is 5.29. The maximum atomic E-state index is 8.78. The molecule has 68 valence electrons. The predicted octanol–water partition coefficient (Wildman–Crippen LogP) is 2.33. The number of hydrogen-bond acceptors (Lipinski definition) is 2. The zero-order valence-corrected chi connectivity index (χ0v) is 7.67. The van der Waals surface area contributed by atoms with Gasteiger partial charge in [-0.2, -0.15) is 0 Å². The van der Waals surface area contributed by atoms with Gasteiger partial charge >= 0.3 is 0 Å². The van der Waals surface area contributed by atoms with Crippen molar-refractivity contribution in [3.05, 3.63) is 35.6 Å². The van der Waals surface area contributed by atoms with Crippen LogP contribution in [-0.2, 0) is 0 Å². The first-order valence-electron chi connectivity index (χ1n) is 3.87. The average molecular weight is 168 g/mol. The predicted molar refractivity (Wildman–Crippen MR) is 51.0 cm³/mol. The molecule has 0 heterocycles. The molecule has 0 aliphatic carbocycles. The van der Waals surface area contributed by atoms with Gasteiger partial charge in [0.1, 0.15) is 0 Å². The number of aliphatic hydroxyl groups is 2. The van der Waals surface area contributed by atoms with Crippen molar-refractivity contribution < 1.29 is 10.2 Å². The van der Waals surface area contributed by atoms with Crippen LogP contribution in [0.1, 0.15) is 20.3 Å². The Bertz CT molecular complexity index is 208. The van der Waals surface area contributed by atoms with Crippen LogP contribution in [0.15, 0.2) is 35.6 Å². The summed E-state index contributed by atoms with van der Waals surface area (Å²) in [6.45, 7) is 7.47. The molecule has 2 heteroatoms. The molecular weight excluding hydrogens is 152 g/mol. The van der Waals surface area contributed by atoms with Gasteiger partial charge in [-0.05, 0) is 31.4 Å². The minimum Gasteiger partial charge on any atom is -0.515 e. The van der Waals surface area contributed by atoms with Gasteiger partial charge in [-0.15, -0.1) is 0 Å². The minimum absolute atomic E-state index is 0.108. The summed E-state index contributed by atoms with van der Waals surface area (Å²) in [5.41, 5.74) is 2.42. The Morgan fingerprint density at radius 2 is 2.00 bits per heavy atom. The third-order valence-corrected chi connectivity index (χ3v) is 1.53. The van der Waals surface area contributed by atoms with Gasteiger partial charge in [0, 0.05) is 0 Å². The lowest BCUT2D eigenvalue weighted by Crippen LogP contribution is -1.93. The molecule has 2 N–H and O–H groups in total. The fourth-order valence-corrected chi connectivity index (χ4v) is 0.704. The molecule has 0 aliphatic rings. The van der Waals surface area contributed by atoms with Crippen LogP contribution >= 0.6 is 0 Å². The fraction of sp³-hybridized carbons (Fsp3) is 0.400. The lowest BCUT2D eigenvalue weighted by molar-refractivity contribution is 0.332. The Morgan fingerprint density at radius 1 is 1.42 bits per heavy atom. The monoisotopic (exact) mass is 168 g/mol. The second-order valence-corrected chi connectivity index (χ2v) is 2.90. The highest BCUT2D eigenvalue weighted by atomic mass is 16.3. The van der Waals surface area contributed by atoms with Crippen LogP contribution < -0.4 is 0 Å². The van der Waals surface area contributed by atoms with Crippen molar-refractivity contribution >= 4 is 0 Å². The summed E-state index contributed by atoms with van der Waals surface area (Å²) >= 11 is 0. The highest BCUT2D eigenvalue weighted by Gasteiger charge is 1.99. The SMILES string of the molecule is C=C(CO)C(=CO)CC=C(C)C. The van der Waals surface area contributed by atoms with Gasteiger partial charge in [0.05, 0.1) is 12.9 Å². The summed E-state index contributed by atoms with van der Waals surface area (Å²) in [4.78, 5) is 0. The Morgan fingerprint density at radius 3 is 2.33 bits per heavy atom. The molecule has 0 aromatic carbocycles. The standard InChI is InChI=1S/C10H16O2/c1-8(2)4-5-10(7-12)9(3)6-11/h4,7,11-12H,3,5-6H2,1-2H3. The van der Waals surface area contributed by atoms with Gasteiger partial charge in [-0.25, -0.2) is 0 Å². The third-order valence-electron chi connectivity index (χ3n) is 1.53. The fourth-order valence-electron chi connectivity index (χ4n) is 0.704.